The molecule has 0 spiro atoms. The number of nitrogens with two attached hydrogens (primary N) is 1. The zero-order valence-corrected chi connectivity index (χ0v) is 18.3. The van der Waals surface area contributed by atoms with Crippen molar-refractivity contribution in [3.05, 3.63) is 56.7 Å². The summed E-state index contributed by atoms with van der Waals surface area (Å²) in [6.45, 7) is 3.17. The number of aromatic amines is 1. The Balaban J connectivity index is 1.87. The third kappa shape index (κ3) is 5.11. The van der Waals surface area contributed by atoms with Crippen molar-refractivity contribution in [3.63, 3.8) is 0 Å². The largest absolute Gasteiger partial charge is 0.383 e. The van der Waals surface area contributed by atoms with Crippen molar-refractivity contribution in [1.82, 2.24) is 14.9 Å². The lowest BCUT2D eigenvalue weighted by Crippen LogP contribution is -2.50. The Bertz CT molecular complexity index is 964. The number of hydrogen-bond acceptors (Lipinski definition) is 4. The minimum Gasteiger partial charge on any atom is -0.383 e. The molecule has 2 aromatic rings. The monoisotopic (exact) mass is 429 g/mol. The Morgan fingerprint density at radius 1 is 1.27 bits per heavy atom. The molecule has 1 aromatic heterocycles. The van der Waals surface area contributed by atoms with Gasteiger partial charge in [0.05, 0.1) is 0 Å². The predicted octanol–water partition coefficient (Wildman–Crippen LogP) is 2.79. The molecule has 8 heteroatoms. The van der Waals surface area contributed by atoms with Gasteiger partial charge in [0.25, 0.3) is 5.56 Å². The maximum Gasteiger partial charge on any atom is 0.330 e. The van der Waals surface area contributed by atoms with E-state index in [9.17, 15) is 9.59 Å². The van der Waals surface area contributed by atoms with E-state index < -0.39 is 11.2 Å². The second-order valence-electron chi connectivity index (χ2n) is 7.77. The molecule has 0 bridgehead atoms. The van der Waals surface area contributed by atoms with E-state index in [1.165, 1.54) is 10.1 Å². The molecule has 7 nitrogen and oxygen atoms in total. The molecule has 0 aliphatic heterocycles. The van der Waals surface area contributed by atoms with Crippen LogP contribution in [-0.2, 0) is 13.0 Å². The first-order valence-corrected chi connectivity index (χ1v) is 11.2. The highest BCUT2D eigenvalue weighted by molar-refractivity contribution is 7.80. The number of thiocarbonyl (C=S) groups is 1. The Kier molecular flexibility index (Phi) is 7.68. The highest BCUT2D eigenvalue weighted by Crippen LogP contribution is 2.29. The summed E-state index contributed by atoms with van der Waals surface area (Å²) >= 11 is 5.71. The first kappa shape index (κ1) is 22.1. The normalized spacial score (nSPS) is 14.0. The molecule has 1 aliphatic carbocycles. The first-order chi connectivity index (χ1) is 14.5. The van der Waals surface area contributed by atoms with Gasteiger partial charge in [-0.3, -0.25) is 14.3 Å². The van der Waals surface area contributed by atoms with E-state index in [0.717, 1.165) is 44.9 Å². The fourth-order valence-electron chi connectivity index (χ4n) is 4.00. The van der Waals surface area contributed by atoms with Gasteiger partial charge in [-0.15, -0.1) is 0 Å². The van der Waals surface area contributed by atoms with E-state index >= 15 is 0 Å². The van der Waals surface area contributed by atoms with Gasteiger partial charge in [0.1, 0.15) is 5.82 Å². The average Bonchev–Trinajstić information content (AvgIpc) is 3.26. The Labute approximate surface area is 182 Å². The predicted molar refractivity (Wildman–Crippen MR) is 126 cm³/mol. The lowest BCUT2D eigenvalue weighted by Gasteiger charge is -2.32. The highest BCUT2D eigenvalue weighted by Gasteiger charge is 2.30. The van der Waals surface area contributed by atoms with E-state index in [-0.39, 0.29) is 17.5 Å². The summed E-state index contributed by atoms with van der Waals surface area (Å²) in [6, 6.07) is 10.3. The number of unbranched alkanes of at least 4 members (excludes halogenated alkanes) is 1. The topological polar surface area (TPSA) is 96.2 Å². The number of aromatic nitrogens is 2. The van der Waals surface area contributed by atoms with Gasteiger partial charge < -0.3 is 16.0 Å². The molecule has 0 amide bonds. The van der Waals surface area contributed by atoms with Gasteiger partial charge in [-0.2, -0.15) is 0 Å². The average molecular weight is 430 g/mol. The van der Waals surface area contributed by atoms with Crippen LogP contribution in [0.4, 0.5) is 11.5 Å². The minimum atomic E-state index is -0.482. The summed E-state index contributed by atoms with van der Waals surface area (Å²) < 4.78 is 1.45. The maximum absolute atomic E-state index is 12.8. The highest BCUT2D eigenvalue weighted by atomic mass is 32.1. The summed E-state index contributed by atoms with van der Waals surface area (Å²) in [6.07, 6.45) is 6.59. The molecular weight excluding hydrogens is 398 g/mol. The Morgan fingerprint density at radius 2 is 1.97 bits per heavy atom. The fraction of sp³-hybridized carbons (Fsp3) is 0.500. The molecule has 4 N–H and O–H groups in total. The van der Waals surface area contributed by atoms with Crippen LogP contribution in [0, 0.1) is 0 Å². The van der Waals surface area contributed by atoms with E-state index in [2.05, 4.69) is 22.4 Å². The van der Waals surface area contributed by atoms with Gasteiger partial charge in [-0.05, 0) is 43.5 Å². The van der Waals surface area contributed by atoms with Crippen LogP contribution in [0.2, 0.25) is 0 Å². The molecule has 0 radical (unpaired) electrons. The summed E-state index contributed by atoms with van der Waals surface area (Å²) in [5.41, 5.74) is 6.92. The second-order valence-corrected chi connectivity index (χ2v) is 8.16. The van der Waals surface area contributed by atoms with Crippen LogP contribution < -0.4 is 27.2 Å². The molecule has 30 heavy (non-hydrogen) atoms. The third-order valence-electron chi connectivity index (χ3n) is 5.63. The van der Waals surface area contributed by atoms with E-state index in [1.54, 1.807) is 0 Å². The van der Waals surface area contributed by atoms with Crippen molar-refractivity contribution in [3.8, 4) is 0 Å². The van der Waals surface area contributed by atoms with Crippen LogP contribution in [0.15, 0.2) is 39.9 Å². The Morgan fingerprint density at radius 3 is 2.63 bits per heavy atom. The summed E-state index contributed by atoms with van der Waals surface area (Å²) in [5, 5.41) is 3.78. The molecule has 1 heterocycles. The molecule has 1 aromatic carbocycles. The van der Waals surface area contributed by atoms with Crippen LogP contribution in [0.1, 0.15) is 51.0 Å². The van der Waals surface area contributed by atoms with Gasteiger partial charge >= 0.3 is 5.69 Å². The number of nitrogen functional groups attached to an aromatic ring is 1. The Hall–Kier alpha value is -2.61. The number of anilines is 2. The van der Waals surface area contributed by atoms with Crippen LogP contribution in [0.5, 0.6) is 0 Å². The van der Waals surface area contributed by atoms with Gasteiger partial charge in [0.2, 0.25) is 0 Å². The van der Waals surface area contributed by atoms with Crippen LogP contribution in [0.3, 0.4) is 0 Å². The number of nitrogens with one attached hydrogen (secondary N) is 2. The van der Waals surface area contributed by atoms with Crippen molar-refractivity contribution >= 4 is 28.8 Å². The number of benzene rings is 1. The van der Waals surface area contributed by atoms with Crippen molar-refractivity contribution in [1.29, 1.82) is 0 Å². The molecule has 1 fully saturated rings. The lowest BCUT2D eigenvalue weighted by molar-refractivity contribution is 0.600. The molecule has 0 atom stereocenters. The molecule has 0 unspecified atom stereocenters. The van der Waals surface area contributed by atoms with E-state index in [0.29, 0.717) is 18.2 Å². The van der Waals surface area contributed by atoms with E-state index in [1.807, 2.05) is 30.0 Å². The summed E-state index contributed by atoms with van der Waals surface area (Å²) in [5.74, 6) is 0.191. The molecule has 1 aliphatic rings. The van der Waals surface area contributed by atoms with Crippen molar-refractivity contribution in [2.75, 3.05) is 17.2 Å². The van der Waals surface area contributed by atoms with Crippen molar-refractivity contribution in [2.24, 2.45) is 0 Å². The SMILES string of the molecule is CCCCn1c(N)c(N(C(=S)NCCc2ccccc2)C2CCCC2)c(=O)[nH]c1=O. The molecule has 162 valence electrons. The number of H-pyrrole nitrogens is 1. The summed E-state index contributed by atoms with van der Waals surface area (Å²) in [7, 11) is 0. The zero-order valence-electron chi connectivity index (χ0n) is 17.5. The smallest absolute Gasteiger partial charge is 0.330 e. The first-order valence-electron chi connectivity index (χ1n) is 10.8. The molecule has 0 saturated heterocycles. The van der Waals surface area contributed by atoms with Gasteiger partial charge in [-0.25, -0.2) is 4.79 Å². The van der Waals surface area contributed by atoms with E-state index in [4.69, 9.17) is 18.0 Å². The van der Waals surface area contributed by atoms with Crippen LogP contribution in [-0.4, -0.2) is 27.3 Å². The lowest BCUT2D eigenvalue weighted by atomic mass is 10.1. The molecule has 3 rings (SSSR count). The zero-order chi connectivity index (χ0) is 21.5. The maximum atomic E-state index is 12.8. The molecule has 1 saturated carbocycles. The minimum absolute atomic E-state index is 0.0993. The number of rotatable bonds is 8. The summed E-state index contributed by atoms with van der Waals surface area (Å²) in [4.78, 5) is 29.4. The molecular formula is C22H31N5O2S. The second kappa shape index (κ2) is 10.4. The third-order valence-corrected chi connectivity index (χ3v) is 5.97. The van der Waals surface area contributed by atoms with Gasteiger partial charge in [0, 0.05) is 19.1 Å². The fourth-order valence-corrected chi connectivity index (χ4v) is 4.35. The van der Waals surface area contributed by atoms with Crippen LogP contribution in [0.25, 0.3) is 0 Å². The number of hydrogen-bond donors (Lipinski definition) is 3. The number of nitrogens with zero attached hydrogens (tertiary/aromatic N) is 2. The van der Waals surface area contributed by atoms with Crippen molar-refractivity contribution < 1.29 is 0 Å². The van der Waals surface area contributed by atoms with Gasteiger partial charge in [0.15, 0.2) is 10.8 Å². The van der Waals surface area contributed by atoms with Gasteiger partial charge in [-0.1, -0.05) is 56.5 Å². The van der Waals surface area contributed by atoms with Crippen molar-refractivity contribution in [2.45, 2.75) is 64.5 Å². The van der Waals surface area contributed by atoms with Crippen LogP contribution >= 0.6 is 12.2 Å². The standard InChI is InChI=1S/C22H31N5O2S/c1-2-3-15-26-19(23)18(20(28)25-21(26)29)27(17-11-7-8-12-17)22(30)24-14-13-16-9-5-4-6-10-16/h4-6,9-10,17H,2-3,7-8,11-15,23H2,1H3,(H,24,30)(H,25,28,29). The quantitative estimate of drug-likeness (QED) is 0.559.